The lowest BCUT2D eigenvalue weighted by Crippen LogP contribution is -2.16. The number of fused-ring (bicyclic) bond motifs is 1. The third-order valence-corrected chi connectivity index (χ3v) is 5.32. The molecule has 0 bridgehead atoms. The highest BCUT2D eigenvalue weighted by molar-refractivity contribution is 5.92. The van der Waals surface area contributed by atoms with Gasteiger partial charge in [-0.25, -0.2) is 9.59 Å². The van der Waals surface area contributed by atoms with Gasteiger partial charge in [-0.15, -0.1) is 0 Å². The first-order valence-corrected chi connectivity index (χ1v) is 11.5. The van der Waals surface area contributed by atoms with Crippen LogP contribution in [0.2, 0.25) is 0 Å². The molecule has 196 valence electrons. The van der Waals surface area contributed by atoms with Crippen LogP contribution in [0.5, 0.6) is 17.2 Å². The summed E-state index contributed by atoms with van der Waals surface area (Å²) in [5, 5.41) is -0.220. The van der Waals surface area contributed by atoms with Gasteiger partial charge in [-0.05, 0) is 61.9 Å². The highest BCUT2D eigenvalue weighted by atomic mass is 19.4. The molecular weight excluding hydrogens is 505 g/mol. The molecular formula is C28H21F3O7. The van der Waals surface area contributed by atoms with Crippen LogP contribution >= 0.6 is 0 Å². The van der Waals surface area contributed by atoms with Gasteiger partial charge in [0.05, 0.1) is 23.1 Å². The maximum absolute atomic E-state index is 13.9. The molecule has 7 nitrogen and oxygen atoms in total. The number of benzene rings is 3. The van der Waals surface area contributed by atoms with Crippen LogP contribution in [0.3, 0.4) is 0 Å². The normalized spacial score (nSPS) is 11.3. The van der Waals surface area contributed by atoms with Gasteiger partial charge in [-0.1, -0.05) is 24.6 Å². The first-order valence-electron chi connectivity index (χ1n) is 11.5. The number of carbonyl (C=O) groups excluding carboxylic acids is 2. The molecule has 0 N–H and O–H groups in total. The van der Waals surface area contributed by atoms with Crippen LogP contribution in [-0.2, 0) is 10.9 Å². The Labute approximate surface area is 214 Å². The molecule has 0 radical (unpaired) electrons. The van der Waals surface area contributed by atoms with Crippen molar-refractivity contribution in [2.24, 2.45) is 0 Å². The van der Waals surface area contributed by atoms with E-state index in [0.29, 0.717) is 6.42 Å². The maximum atomic E-state index is 13.9. The van der Waals surface area contributed by atoms with Crippen molar-refractivity contribution in [3.05, 3.63) is 99.4 Å². The van der Waals surface area contributed by atoms with Gasteiger partial charge in [0.15, 0.2) is 0 Å². The number of halogens is 3. The van der Waals surface area contributed by atoms with E-state index in [4.69, 9.17) is 18.6 Å². The molecule has 0 unspecified atom stereocenters. The average Bonchev–Trinajstić information content (AvgIpc) is 2.88. The van der Waals surface area contributed by atoms with E-state index in [0.717, 1.165) is 11.6 Å². The predicted molar refractivity (Wildman–Crippen MR) is 131 cm³/mol. The molecule has 0 saturated carbocycles. The molecule has 0 saturated heterocycles. The highest BCUT2D eigenvalue weighted by Crippen LogP contribution is 2.38. The zero-order valence-electron chi connectivity index (χ0n) is 20.3. The fraction of sp³-hybridized carbons (Fsp3) is 0.179. The Kier molecular flexibility index (Phi) is 7.52. The smallest absolute Gasteiger partial charge is 0.453 e. The summed E-state index contributed by atoms with van der Waals surface area (Å²) in [6, 6.07) is 15.1. The lowest BCUT2D eigenvalue weighted by atomic mass is 10.1. The predicted octanol–water partition coefficient (Wildman–Crippen LogP) is 6.70. The van der Waals surface area contributed by atoms with Gasteiger partial charge < -0.3 is 18.6 Å². The Balaban J connectivity index is 1.66. The molecule has 0 spiro atoms. The molecule has 1 aromatic heterocycles. The molecule has 0 aliphatic heterocycles. The SMILES string of the molecule is CCCOC(=O)c1ccc(Oc2c(C(F)(F)F)oc3cc(OC(=O)c4ccc(C)cc4)ccc3c2=O)cc1. The minimum atomic E-state index is -5.08. The van der Waals surface area contributed by atoms with Crippen LogP contribution < -0.4 is 14.9 Å². The maximum Gasteiger partial charge on any atom is 0.453 e. The van der Waals surface area contributed by atoms with Crippen LogP contribution in [0.15, 0.2) is 75.9 Å². The van der Waals surface area contributed by atoms with Gasteiger partial charge in [0, 0.05) is 6.07 Å². The number of aryl methyl sites for hydroxylation is 1. The van der Waals surface area contributed by atoms with E-state index in [1.807, 2.05) is 13.8 Å². The van der Waals surface area contributed by atoms with E-state index < -0.39 is 40.6 Å². The summed E-state index contributed by atoms with van der Waals surface area (Å²) in [6.45, 7) is 3.89. The molecule has 4 aromatic rings. The number of alkyl halides is 3. The Morgan fingerprint density at radius 2 is 1.47 bits per heavy atom. The molecule has 0 atom stereocenters. The third-order valence-electron chi connectivity index (χ3n) is 5.32. The van der Waals surface area contributed by atoms with E-state index in [1.165, 1.54) is 36.4 Å². The monoisotopic (exact) mass is 526 g/mol. The summed E-state index contributed by atoms with van der Waals surface area (Å²) in [6.07, 6.45) is -4.46. The molecule has 0 aliphatic carbocycles. The summed E-state index contributed by atoms with van der Waals surface area (Å²) in [5.41, 5.74) is -0.196. The Hall–Kier alpha value is -4.60. The van der Waals surface area contributed by atoms with E-state index in [2.05, 4.69) is 0 Å². The topological polar surface area (TPSA) is 92.0 Å². The van der Waals surface area contributed by atoms with Crippen molar-refractivity contribution in [3.8, 4) is 17.2 Å². The van der Waals surface area contributed by atoms with Crippen LogP contribution in [0.1, 0.15) is 45.4 Å². The highest BCUT2D eigenvalue weighted by Gasteiger charge is 2.40. The lowest BCUT2D eigenvalue weighted by Gasteiger charge is -2.14. The van der Waals surface area contributed by atoms with E-state index >= 15 is 0 Å². The number of rotatable bonds is 7. The van der Waals surface area contributed by atoms with Crippen molar-refractivity contribution in [1.29, 1.82) is 0 Å². The van der Waals surface area contributed by atoms with Crippen molar-refractivity contribution in [3.63, 3.8) is 0 Å². The minimum absolute atomic E-state index is 0.112. The second-order valence-electron chi connectivity index (χ2n) is 8.26. The van der Waals surface area contributed by atoms with Crippen molar-refractivity contribution >= 4 is 22.9 Å². The molecule has 0 fully saturated rings. The van der Waals surface area contributed by atoms with E-state index in [-0.39, 0.29) is 34.6 Å². The minimum Gasteiger partial charge on any atom is -0.462 e. The molecule has 1 heterocycles. The van der Waals surface area contributed by atoms with Crippen LogP contribution in [-0.4, -0.2) is 18.5 Å². The molecule has 38 heavy (non-hydrogen) atoms. The van der Waals surface area contributed by atoms with E-state index in [9.17, 15) is 27.6 Å². The Morgan fingerprint density at radius 3 is 2.11 bits per heavy atom. The summed E-state index contributed by atoms with van der Waals surface area (Å²) < 4.78 is 62.1. The van der Waals surface area contributed by atoms with Gasteiger partial charge in [-0.3, -0.25) is 4.79 Å². The third kappa shape index (κ3) is 5.86. The first-order chi connectivity index (χ1) is 18.1. The van der Waals surface area contributed by atoms with Crippen LogP contribution in [0.4, 0.5) is 13.2 Å². The van der Waals surface area contributed by atoms with Gasteiger partial charge in [0.2, 0.25) is 11.2 Å². The standard InChI is InChI=1S/C28H21F3O7/c1-3-14-35-26(33)17-8-10-19(11-9-17)36-24-23(32)21-13-12-20(15-22(21)38-25(24)28(29,30)31)37-27(34)18-6-4-16(2)5-7-18/h4-13,15H,3,14H2,1-2H3. The lowest BCUT2D eigenvalue weighted by molar-refractivity contribution is -0.154. The van der Waals surface area contributed by atoms with Crippen molar-refractivity contribution in [1.82, 2.24) is 0 Å². The van der Waals surface area contributed by atoms with Gasteiger partial charge in [0.1, 0.15) is 17.1 Å². The van der Waals surface area contributed by atoms with Crippen LogP contribution in [0, 0.1) is 6.92 Å². The Morgan fingerprint density at radius 1 is 0.868 bits per heavy atom. The molecule has 0 amide bonds. The zero-order valence-corrected chi connectivity index (χ0v) is 20.3. The molecule has 10 heteroatoms. The van der Waals surface area contributed by atoms with Crippen molar-refractivity contribution < 1.29 is 41.4 Å². The van der Waals surface area contributed by atoms with Gasteiger partial charge in [0.25, 0.3) is 5.76 Å². The number of esters is 2. The molecule has 3 aromatic carbocycles. The Bertz CT molecular complexity index is 1540. The second kappa shape index (κ2) is 10.8. The number of hydrogen-bond acceptors (Lipinski definition) is 7. The number of ether oxygens (including phenoxy) is 3. The van der Waals surface area contributed by atoms with Gasteiger partial charge in [-0.2, -0.15) is 13.2 Å². The second-order valence-corrected chi connectivity index (χ2v) is 8.26. The first kappa shape index (κ1) is 26.5. The fourth-order valence-electron chi connectivity index (χ4n) is 3.41. The summed E-state index contributed by atoms with van der Waals surface area (Å²) in [5.74, 6) is -4.31. The van der Waals surface area contributed by atoms with Crippen molar-refractivity contribution in [2.75, 3.05) is 6.61 Å². The van der Waals surface area contributed by atoms with Crippen LogP contribution in [0.25, 0.3) is 11.0 Å². The quantitative estimate of drug-likeness (QED) is 0.195. The average molecular weight is 526 g/mol. The largest absolute Gasteiger partial charge is 0.462 e. The van der Waals surface area contributed by atoms with Gasteiger partial charge >= 0.3 is 18.1 Å². The molecule has 0 aliphatic rings. The molecule has 4 rings (SSSR count). The zero-order chi connectivity index (χ0) is 27.4. The fourth-order valence-corrected chi connectivity index (χ4v) is 3.41. The number of hydrogen-bond donors (Lipinski definition) is 0. The van der Waals surface area contributed by atoms with E-state index in [1.54, 1.807) is 24.3 Å². The summed E-state index contributed by atoms with van der Waals surface area (Å²) >= 11 is 0. The van der Waals surface area contributed by atoms with Crippen molar-refractivity contribution in [2.45, 2.75) is 26.4 Å². The summed E-state index contributed by atoms with van der Waals surface area (Å²) in [7, 11) is 0. The summed E-state index contributed by atoms with van der Waals surface area (Å²) in [4.78, 5) is 37.3. The number of carbonyl (C=O) groups is 2.